The van der Waals surface area contributed by atoms with Crippen molar-refractivity contribution in [1.82, 2.24) is 10.6 Å². The Morgan fingerprint density at radius 1 is 1.09 bits per heavy atom. The molecular formula is C31H41N5O8. The number of unbranched alkanes of at least 4 members (excludes halogenated alkanes) is 1. The Kier molecular flexibility index (Phi) is 13.0. The number of esters is 1. The number of benzene rings is 2. The van der Waals surface area contributed by atoms with Crippen molar-refractivity contribution in [3.05, 3.63) is 71.3 Å². The molecule has 1 heterocycles. The van der Waals surface area contributed by atoms with E-state index in [9.17, 15) is 14.4 Å². The zero-order chi connectivity index (χ0) is 32.0. The van der Waals surface area contributed by atoms with Crippen molar-refractivity contribution in [2.75, 3.05) is 19.8 Å². The summed E-state index contributed by atoms with van der Waals surface area (Å²) in [6.45, 7) is 6.08. The van der Waals surface area contributed by atoms with Gasteiger partial charge in [0.15, 0.2) is 5.84 Å². The van der Waals surface area contributed by atoms with Crippen LogP contribution in [0.1, 0.15) is 63.1 Å². The molecule has 0 unspecified atom stereocenters. The number of carbonyl (C=O) groups is 3. The molecule has 13 nitrogen and oxygen atoms in total. The standard InChI is InChI=1S/C31H41N5O8/c1-31(2,3)43-29(38)26(34-30(39)42-16-8-7-15-41-20-21-9-5-4-6-10-21)19-33-27(37)18-24-17-25(36-44-24)22-11-13-23(14-12-22)28(32)35-40/h4-6,9-14,24,26,40H,7-8,15-20H2,1-3H3,(H2,32,35)(H,33,37)(H,34,39)/t24-,26+/m1/s1. The molecule has 3 rings (SSSR count). The quantitative estimate of drug-likeness (QED) is 0.0587. The second-order valence-electron chi connectivity index (χ2n) is 11.2. The molecule has 2 aromatic carbocycles. The number of alkyl carbamates (subject to hydrolysis) is 1. The first-order chi connectivity index (χ1) is 21.0. The molecule has 0 aliphatic carbocycles. The number of rotatable bonds is 15. The lowest BCUT2D eigenvalue weighted by Crippen LogP contribution is -2.51. The zero-order valence-electron chi connectivity index (χ0n) is 25.3. The van der Waals surface area contributed by atoms with Crippen LogP contribution >= 0.6 is 0 Å². The van der Waals surface area contributed by atoms with E-state index < -0.39 is 35.7 Å². The Morgan fingerprint density at radius 2 is 1.80 bits per heavy atom. The number of ether oxygens (including phenoxy) is 3. The van der Waals surface area contributed by atoms with E-state index >= 15 is 0 Å². The fourth-order valence-corrected chi connectivity index (χ4v) is 4.08. The first kappa shape index (κ1) is 33.8. The number of amidine groups is 1. The van der Waals surface area contributed by atoms with E-state index in [4.69, 9.17) is 30.0 Å². The molecule has 0 spiro atoms. The van der Waals surface area contributed by atoms with Gasteiger partial charge in [0.25, 0.3) is 0 Å². The van der Waals surface area contributed by atoms with Gasteiger partial charge >= 0.3 is 12.1 Å². The van der Waals surface area contributed by atoms with Crippen LogP contribution in [0.4, 0.5) is 4.79 Å². The topological polar surface area (TPSA) is 183 Å². The van der Waals surface area contributed by atoms with Gasteiger partial charge in [0.1, 0.15) is 17.7 Å². The lowest BCUT2D eigenvalue weighted by atomic mass is 10.0. The highest BCUT2D eigenvalue weighted by Crippen LogP contribution is 2.19. The number of oxime groups is 2. The van der Waals surface area contributed by atoms with Gasteiger partial charge in [0, 0.05) is 25.1 Å². The van der Waals surface area contributed by atoms with Crippen molar-refractivity contribution in [3.63, 3.8) is 0 Å². The third-order valence-electron chi connectivity index (χ3n) is 6.28. The summed E-state index contributed by atoms with van der Waals surface area (Å²) in [5.74, 6) is -1.11. The summed E-state index contributed by atoms with van der Waals surface area (Å²) in [5.41, 5.74) is 7.85. The van der Waals surface area contributed by atoms with Gasteiger partial charge in [-0.3, -0.25) is 4.79 Å². The van der Waals surface area contributed by atoms with Gasteiger partial charge in [-0.25, -0.2) is 9.59 Å². The number of carbonyl (C=O) groups excluding carboxylic acids is 3. The molecule has 0 radical (unpaired) electrons. The monoisotopic (exact) mass is 611 g/mol. The number of hydrogen-bond donors (Lipinski definition) is 4. The Hall–Kier alpha value is -4.65. The van der Waals surface area contributed by atoms with Crippen molar-refractivity contribution in [1.29, 1.82) is 0 Å². The first-order valence-corrected chi connectivity index (χ1v) is 14.4. The van der Waals surface area contributed by atoms with Gasteiger partial charge in [0.2, 0.25) is 5.91 Å². The molecule has 0 aromatic heterocycles. The van der Waals surface area contributed by atoms with Crippen LogP contribution in [-0.2, 0) is 35.2 Å². The summed E-state index contributed by atoms with van der Waals surface area (Å²) in [6.07, 6.45) is 0.328. The molecule has 2 amide bonds. The first-order valence-electron chi connectivity index (χ1n) is 14.4. The molecule has 0 fully saturated rings. The summed E-state index contributed by atoms with van der Waals surface area (Å²) < 4.78 is 16.3. The van der Waals surface area contributed by atoms with Crippen molar-refractivity contribution in [2.45, 2.75) is 70.8 Å². The van der Waals surface area contributed by atoms with Crippen molar-refractivity contribution in [3.8, 4) is 0 Å². The number of hydrogen-bond acceptors (Lipinski definition) is 10. The predicted molar refractivity (Wildman–Crippen MR) is 162 cm³/mol. The lowest BCUT2D eigenvalue weighted by Gasteiger charge is -2.24. The molecule has 5 N–H and O–H groups in total. The molecular weight excluding hydrogens is 570 g/mol. The summed E-state index contributed by atoms with van der Waals surface area (Å²) >= 11 is 0. The summed E-state index contributed by atoms with van der Waals surface area (Å²) in [6, 6.07) is 15.5. The smallest absolute Gasteiger partial charge is 0.407 e. The minimum absolute atomic E-state index is 0.0107. The van der Waals surface area contributed by atoms with Crippen LogP contribution < -0.4 is 16.4 Å². The second kappa shape index (κ2) is 16.8. The van der Waals surface area contributed by atoms with Gasteiger partial charge in [-0.15, -0.1) is 0 Å². The van der Waals surface area contributed by atoms with Crippen molar-refractivity contribution >= 4 is 29.5 Å². The van der Waals surface area contributed by atoms with Gasteiger partial charge in [-0.2, -0.15) is 0 Å². The van der Waals surface area contributed by atoms with Crippen molar-refractivity contribution < 1.29 is 38.6 Å². The number of nitrogens with zero attached hydrogens (tertiary/aromatic N) is 2. The van der Waals surface area contributed by atoms with Crippen LogP contribution in [0.2, 0.25) is 0 Å². The van der Waals surface area contributed by atoms with Crippen LogP contribution in [0, 0.1) is 0 Å². The lowest BCUT2D eigenvalue weighted by molar-refractivity contribution is -0.157. The molecule has 0 saturated carbocycles. The number of nitrogens with one attached hydrogen (secondary N) is 2. The normalized spacial score (nSPS) is 15.5. The Bertz CT molecular complexity index is 1290. The molecule has 2 atom stereocenters. The third kappa shape index (κ3) is 11.9. The largest absolute Gasteiger partial charge is 0.458 e. The third-order valence-corrected chi connectivity index (χ3v) is 6.28. The molecule has 0 saturated heterocycles. The van der Waals surface area contributed by atoms with Gasteiger partial charge in [-0.1, -0.05) is 64.9 Å². The average Bonchev–Trinajstić information content (AvgIpc) is 3.46. The van der Waals surface area contributed by atoms with E-state index in [1.54, 1.807) is 45.0 Å². The van der Waals surface area contributed by atoms with Crippen LogP contribution in [0.25, 0.3) is 0 Å². The van der Waals surface area contributed by atoms with Crippen LogP contribution in [0.5, 0.6) is 0 Å². The maximum Gasteiger partial charge on any atom is 0.407 e. The minimum Gasteiger partial charge on any atom is -0.458 e. The Balaban J connectivity index is 1.40. The molecule has 1 aliphatic heterocycles. The van der Waals surface area contributed by atoms with Crippen LogP contribution in [0.3, 0.4) is 0 Å². The Labute approximate surface area is 256 Å². The molecule has 2 aromatic rings. The number of nitrogens with two attached hydrogens (primary N) is 1. The highest BCUT2D eigenvalue weighted by molar-refractivity contribution is 6.03. The molecule has 13 heteroatoms. The maximum atomic E-state index is 12.8. The highest BCUT2D eigenvalue weighted by atomic mass is 16.6. The number of amides is 2. The SMILES string of the molecule is CC(C)(C)OC(=O)[C@H](CNC(=O)C[C@H]1CC(c2ccc(/C(N)=N/O)cc2)=NO1)NC(=O)OCCCCOCc1ccccc1. The highest BCUT2D eigenvalue weighted by Gasteiger charge is 2.29. The van der Waals surface area contributed by atoms with E-state index in [1.165, 1.54) is 0 Å². The van der Waals surface area contributed by atoms with E-state index in [0.29, 0.717) is 43.8 Å². The van der Waals surface area contributed by atoms with Gasteiger partial charge < -0.3 is 40.6 Å². The minimum atomic E-state index is -1.16. The van der Waals surface area contributed by atoms with Gasteiger partial charge in [-0.05, 0) is 44.7 Å². The van der Waals surface area contributed by atoms with Crippen LogP contribution in [-0.4, -0.2) is 72.2 Å². The molecule has 44 heavy (non-hydrogen) atoms. The molecule has 238 valence electrons. The van der Waals surface area contributed by atoms with E-state index in [-0.39, 0.29) is 25.4 Å². The van der Waals surface area contributed by atoms with Gasteiger partial charge in [0.05, 0.1) is 25.3 Å². The van der Waals surface area contributed by atoms with Crippen molar-refractivity contribution in [2.24, 2.45) is 16.0 Å². The fourth-order valence-electron chi connectivity index (χ4n) is 4.08. The van der Waals surface area contributed by atoms with E-state index in [2.05, 4.69) is 20.9 Å². The second-order valence-corrected chi connectivity index (χ2v) is 11.2. The molecule has 0 bridgehead atoms. The predicted octanol–water partition coefficient (Wildman–Crippen LogP) is 3.21. The zero-order valence-corrected chi connectivity index (χ0v) is 25.3. The van der Waals surface area contributed by atoms with E-state index in [0.717, 1.165) is 11.1 Å². The molecule has 1 aliphatic rings. The van der Waals surface area contributed by atoms with E-state index in [1.807, 2.05) is 30.3 Å². The Morgan fingerprint density at radius 3 is 2.48 bits per heavy atom. The summed E-state index contributed by atoms with van der Waals surface area (Å²) in [4.78, 5) is 43.3. The average molecular weight is 612 g/mol. The summed E-state index contributed by atoms with van der Waals surface area (Å²) in [7, 11) is 0. The van der Waals surface area contributed by atoms with Crippen LogP contribution in [0.15, 0.2) is 64.9 Å². The summed E-state index contributed by atoms with van der Waals surface area (Å²) in [5, 5.41) is 21.0. The fraction of sp³-hybridized carbons (Fsp3) is 0.452. The maximum absolute atomic E-state index is 12.8.